The highest BCUT2D eigenvalue weighted by Crippen LogP contribution is 2.53. The minimum atomic E-state index is -0.483. The minimum Gasteiger partial charge on any atom is -0.392 e. The number of carbonyl (C=O) groups is 1. The van der Waals surface area contributed by atoms with Gasteiger partial charge in [-0.25, -0.2) is 0 Å². The highest BCUT2D eigenvalue weighted by molar-refractivity contribution is 5.93. The van der Waals surface area contributed by atoms with E-state index in [1.54, 1.807) is 24.5 Å². The first-order valence-electron chi connectivity index (χ1n) is 17.3. The highest BCUT2D eigenvalue weighted by atomic mass is 16.7. The number of likely N-dealkylation sites (tertiary alicyclic amines) is 1. The van der Waals surface area contributed by atoms with Gasteiger partial charge in [0.2, 0.25) is 0 Å². The summed E-state index contributed by atoms with van der Waals surface area (Å²) in [4.78, 5) is 19.3. The van der Waals surface area contributed by atoms with E-state index in [1.807, 2.05) is 24.3 Å². The lowest BCUT2D eigenvalue weighted by Gasteiger charge is -2.41. The Kier molecular flexibility index (Phi) is 9.22. The van der Waals surface area contributed by atoms with E-state index in [0.717, 1.165) is 52.9 Å². The molecule has 2 N–H and O–H groups in total. The lowest BCUT2D eigenvalue weighted by atomic mass is 9.65. The van der Waals surface area contributed by atoms with Crippen LogP contribution in [0.5, 0.6) is 0 Å². The molecule has 2 saturated heterocycles. The molecule has 2 bridgehead atoms. The van der Waals surface area contributed by atoms with Crippen LogP contribution in [0.2, 0.25) is 0 Å². The van der Waals surface area contributed by atoms with Crippen LogP contribution in [0.1, 0.15) is 91.5 Å². The molecule has 4 aromatic rings. The van der Waals surface area contributed by atoms with Crippen molar-refractivity contribution in [3.8, 4) is 11.1 Å². The predicted octanol–water partition coefficient (Wildman–Crippen LogP) is 7.62. The van der Waals surface area contributed by atoms with Crippen molar-refractivity contribution in [2.45, 2.75) is 84.1 Å². The summed E-state index contributed by atoms with van der Waals surface area (Å²) in [5.41, 5.74) is 7.48. The fourth-order valence-electron chi connectivity index (χ4n) is 8.56. The second-order valence-corrected chi connectivity index (χ2v) is 15.2. The van der Waals surface area contributed by atoms with Crippen molar-refractivity contribution in [3.05, 3.63) is 125 Å². The summed E-state index contributed by atoms with van der Waals surface area (Å²) in [6.45, 7) is 9.81. The molecule has 0 spiro atoms. The number of aromatic nitrogens is 1. The van der Waals surface area contributed by atoms with Gasteiger partial charge in [-0.15, -0.1) is 0 Å². The maximum absolute atomic E-state index is 12.5. The Morgan fingerprint density at radius 3 is 2.46 bits per heavy atom. The number of aliphatic hydroxyl groups is 1. The molecule has 2 unspecified atom stereocenters. The fraction of sp³-hybridized carbons (Fsp3) is 0.415. The van der Waals surface area contributed by atoms with Gasteiger partial charge in [-0.3, -0.25) is 14.7 Å². The number of ether oxygens (including phenoxy) is 2. The molecule has 1 aliphatic carbocycles. The number of fused-ring (bicyclic) bond motifs is 2. The summed E-state index contributed by atoms with van der Waals surface area (Å²) < 4.78 is 13.4. The largest absolute Gasteiger partial charge is 0.392 e. The maximum Gasteiger partial charge on any atom is 0.253 e. The maximum atomic E-state index is 12.5. The average molecular weight is 646 g/mol. The molecule has 3 aliphatic rings. The van der Waals surface area contributed by atoms with Crippen molar-refractivity contribution in [1.82, 2.24) is 15.2 Å². The normalized spacial score (nSPS) is 26.7. The number of hydrogen-bond donors (Lipinski definition) is 2. The summed E-state index contributed by atoms with van der Waals surface area (Å²) >= 11 is 0. The molecule has 7 nitrogen and oxygen atoms in total. The number of pyridine rings is 1. The van der Waals surface area contributed by atoms with E-state index in [9.17, 15) is 9.90 Å². The van der Waals surface area contributed by atoms with Gasteiger partial charge in [-0.2, -0.15) is 0 Å². The summed E-state index contributed by atoms with van der Waals surface area (Å²) in [6, 6.07) is 29.0. The number of carbonyl (C=O) groups excluding carboxylic acids is 1. The van der Waals surface area contributed by atoms with E-state index in [1.165, 1.54) is 19.3 Å². The third kappa shape index (κ3) is 7.40. The van der Waals surface area contributed by atoms with Gasteiger partial charge in [-0.05, 0) is 76.1 Å². The predicted molar refractivity (Wildman–Crippen MR) is 187 cm³/mol. The van der Waals surface area contributed by atoms with Gasteiger partial charge in [0, 0.05) is 50.1 Å². The zero-order chi connectivity index (χ0) is 33.3. The molecule has 1 aromatic heterocycles. The average Bonchev–Trinajstić information content (AvgIpc) is 3.34. The third-order valence-electron chi connectivity index (χ3n) is 10.4. The van der Waals surface area contributed by atoms with Gasteiger partial charge < -0.3 is 19.9 Å². The number of nitrogens with one attached hydrogen (secondary N) is 1. The molecule has 3 aromatic carbocycles. The molecule has 48 heavy (non-hydrogen) atoms. The molecule has 3 fully saturated rings. The summed E-state index contributed by atoms with van der Waals surface area (Å²) in [5.74, 6) is -0.142. The van der Waals surface area contributed by atoms with Crippen molar-refractivity contribution in [1.29, 1.82) is 0 Å². The Labute approximate surface area is 284 Å². The van der Waals surface area contributed by atoms with Crippen molar-refractivity contribution in [2.75, 3.05) is 13.1 Å². The number of benzene rings is 3. The molecule has 7 rings (SSSR count). The van der Waals surface area contributed by atoms with Crippen LogP contribution >= 0.6 is 0 Å². The van der Waals surface area contributed by atoms with Crippen molar-refractivity contribution in [3.63, 3.8) is 0 Å². The standard InChI is InChI=1S/C41H47N3O4/c1-40(2)20-35-21-41(3,26-40)27-44(35)24-36-19-37(31-11-9-28(25-45)10-12-31)48-39(47-36)32-15-13-30(14-16-32)33-7-4-6-29(18-33)22-43-38(46)34-8-5-17-42-23-34/h4-18,23,35-37,39,45H,19-22,24-27H2,1-3H3,(H,43,46)/t35?,36-,37+,39+,41?/m0/s1. The quantitative estimate of drug-likeness (QED) is 0.195. The van der Waals surface area contributed by atoms with Gasteiger partial charge in [-0.1, -0.05) is 87.5 Å². The van der Waals surface area contributed by atoms with Crippen LogP contribution in [0.3, 0.4) is 0 Å². The lowest BCUT2D eigenvalue weighted by Crippen LogP contribution is -2.42. The van der Waals surface area contributed by atoms with Gasteiger partial charge in [0.25, 0.3) is 5.91 Å². The molecule has 2 aliphatic heterocycles. The summed E-state index contributed by atoms with van der Waals surface area (Å²) in [6.07, 6.45) is 7.26. The molecule has 250 valence electrons. The van der Waals surface area contributed by atoms with Crippen LogP contribution in [0.25, 0.3) is 11.1 Å². The molecular weight excluding hydrogens is 598 g/mol. The number of nitrogens with zero attached hydrogens (tertiary/aromatic N) is 2. The van der Waals surface area contributed by atoms with E-state index in [2.05, 4.69) is 84.5 Å². The Morgan fingerprint density at radius 1 is 0.917 bits per heavy atom. The molecule has 5 atom stereocenters. The third-order valence-corrected chi connectivity index (χ3v) is 10.4. The van der Waals surface area contributed by atoms with Crippen LogP contribution in [0.15, 0.2) is 97.3 Å². The van der Waals surface area contributed by atoms with Crippen LogP contribution in [0.4, 0.5) is 0 Å². The van der Waals surface area contributed by atoms with Crippen LogP contribution in [-0.2, 0) is 22.6 Å². The number of amides is 1. The number of hydrogen-bond acceptors (Lipinski definition) is 6. The molecule has 0 radical (unpaired) electrons. The Morgan fingerprint density at radius 2 is 1.71 bits per heavy atom. The Balaban J connectivity index is 1.07. The van der Waals surface area contributed by atoms with Crippen LogP contribution in [-0.4, -0.2) is 46.1 Å². The first-order valence-corrected chi connectivity index (χ1v) is 17.3. The fourth-order valence-corrected chi connectivity index (χ4v) is 8.56. The van der Waals surface area contributed by atoms with Gasteiger partial charge in [0.15, 0.2) is 6.29 Å². The van der Waals surface area contributed by atoms with E-state index in [4.69, 9.17) is 9.47 Å². The first-order chi connectivity index (χ1) is 23.1. The van der Waals surface area contributed by atoms with Crippen molar-refractivity contribution >= 4 is 5.91 Å². The molecule has 1 saturated carbocycles. The van der Waals surface area contributed by atoms with E-state index >= 15 is 0 Å². The second kappa shape index (κ2) is 13.6. The van der Waals surface area contributed by atoms with Gasteiger partial charge in [0.1, 0.15) is 0 Å². The monoisotopic (exact) mass is 645 g/mol. The summed E-state index contributed by atoms with van der Waals surface area (Å²) in [7, 11) is 0. The van der Waals surface area contributed by atoms with Gasteiger partial charge >= 0.3 is 0 Å². The van der Waals surface area contributed by atoms with Crippen molar-refractivity contribution < 1.29 is 19.4 Å². The summed E-state index contributed by atoms with van der Waals surface area (Å²) in [5, 5.41) is 12.6. The Hall–Kier alpha value is -3.88. The SMILES string of the molecule is CC1(C)CC2CC(C)(CN2C[C@@H]2C[C@H](c3ccc(CO)cc3)O[C@H](c3ccc(-c4cccc(CNC(=O)c5cccnc5)c4)cc3)O2)C1. The topological polar surface area (TPSA) is 83.9 Å². The second-order valence-electron chi connectivity index (χ2n) is 15.2. The van der Waals surface area contributed by atoms with Gasteiger partial charge in [0.05, 0.1) is 24.4 Å². The molecule has 1 amide bonds. The molecular formula is C41H47N3O4. The smallest absolute Gasteiger partial charge is 0.253 e. The minimum absolute atomic E-state index is 0.0287. The molecule has 7 heteroatoms. The zero-order valence-electron chi connectivity index (χ0n) is 28.3. The Bertz CT molecular complexity index is 1710. The van der Waals surface area contributed by atoms with E-state index in [-0.39, 0.29) is 24.7 Å². The number of aliphatic hydroxyl groups excluding tert-OH is 1. The zero-order valence-corrected chi connectivity index (χ0v) is 28.3. The van der Waals surface area contributed by atoms with Crippen LogP contribution in [0, 0.1) is 10.8 Å². The number of rotatable bonds is 9. The van der Waals surface area contributed by atoms with Crippen molar-refractivity contribution in [2.24, 2.45) is 10.8 Å². The first kappa shape index (κ1) is 32.7. The van der Waals surface area contributed by atoms with E-state index in [0.29, 0.717) is 29.0 Å². The highest BCUT2D eigenvalue weighted by Gasteiger charge is 2.50. The van der Waals surface area contributed by atoms with E-state index < -0.39 is 6.29 Å². The molecule has 3 heterocycles. The van der Waals surface area contributed by atoms with Crippen LogP contribution < -0.4 is 5.32 Å². The lowest BCUT2D eigenvalue weighted by molar-refractivity contribution is -0.253.